The Kier molecular flexibility index (Phi) is 3.88. The normalized spacial score (nSPS) is 16.4. The van der Waals surface area contributed by atoms with E-state index in [0.717, 1.165) is 18.7 Å². The van der Waals surface area contributed by atoms with Crippen LogP contribution in [0.25, 0.3) is 0 Å². The molecule has 0 radical (unpaired) electrons. The minimum Gasteiger partial charge on any atom is -0.378 e. The molecule has 0 spiro atoms. The van der Waals surface area contributed by atoms with E-state index in [0.29, 0.717) is 18.8 Å². The molecule has 0 saturated carbocycles. The molecule has 1 aromatic carbocycles. The summed E-state index contributed by atoms with van der Waals surface area (Å²) in [4.78, 5) is 17.7. The average molecular weight is 232 g/mol. The van der Waals surface area contributed by atoms with Crippen LogP contribution in [0, 0.1) is 6.92 Å². The van der Waals surface area contributed by atoms with Crippen LogP contribution >= 0.6 is 0 Å². The number of hydrogen-bond donors (Lipinski definition) is 0. The fraction of sp³-hybridized carbons (Fsp3) is 0.385. The quantitative estimate of drug-likeness (QED) is 0.573. The van der Waals surface area contributed by atoms with Crippen LogP contribution in [0.3, 0.4) is 0 Å². The van der Waals surface area contributed by atoms with Gasteiger partial charge in [-0.3, -0.25) is 4.79 Å². The Morgan fingerprint density at radius 2 is 1.94 bits per heavy atom. The van der Waals surface area contributed by atoms with Gasteiger partial charge in [-0.05, 0) is 19.1 Å². The standard InChI is InChI=1S/C13H16N2O2/c1-11-2-4-12(5-3-11)13(16)14-10-15-6-8-17-9-7-15/h2-5,10H,6-9H2,1H3. The third-order valence-corrected chi connectivity index (χ3v) is 2.68. The molecule has 2 rings (SSSR count). The predicted molar refractivity (Wildman–Crippen MR) is 66.4 cm³/mol. The second kappa shape index (κ2) is 5.59. The van der Waals surface area contributed by atoms with Crippen LogP contribution in [-0.2, 0) is 4.74 Å². The van der Waals surface area contributed by atoms with Gasteiger partial charge in [0.2, 0.25) is 0 Å². The minimum atomic E-state index is -0.198. The fourth-order valence-corrected chi connectivity index (χ4v) is 1.60. The lowest BCUT2D eigenvalue weighted by Gasteiger charge is -2.23. The second-order valence-electron chi connectivity index (χ2n) is 4.06. The van der Waals surface area contributed by atoms with Crippen molar-refractivity contribution < 1.29 is 9.53 Å². The average Bonchev–Trinajstić information content (AvgIpc) is 2.38. The molecule has 0 atom stereocenters. The van der Waals surface area contributed by atoms with Crippen molar-refractivity contribution in [2.45, 2.75) is 6.92 Å². The summed E-state index contributed by atoms with van der Waals surface area (Å²) < 4.78 is 5.22. The van der Waals surface area contributed by atoms with Crippen molar-refractivity contribution >= 4 is 12.2 Å². The first-order valence-electron chi connectivity index (χ1n) is 5.73. The van der Waals surface area contributed by atoms with Crippen molar-refractivity contribution in [1.82, 2.24) is 4.90 Å². The number of aliphatic imine (C=N–C) groups is 1. The van der Waals surface area contributed by atoms with Gasteiger partial charge in [-0.15, -0.1) is 0 Å². The Morgan fingerprint density at radius 1 is 1.29 bits per heavy atom. The number of carbonyl (C=O) groups is 1. The SMILES string of the molecule is Cc1ccc(C(=O)N=CN2CCOCC2)cc1. The number of benzene rings is 1. The van der Waals surface area contributed by atoms with Gasteiger partial charge >= 0.3 is 0 Å². The van der Waals surface area contributed by atoms with Crippen molar-refractivity contribution in [3.8, 4) is 0 Å². The van der Waals surface area contributed by atoms with E-state index in [1.165, 1.54) is 0 Å². The molecule has 1 aromatic rings. The van der Waals surface area contributed by atoms with Gasteiger partial charge in [0.25, 0.3) is 5.91 Å². The predicted octanol–water partition coefficient (Wildman–Crippen LogP) is 1.50. The maximum Gasteiger partial charge on any atom is 0.278 e. The molecule has 0 N–H and O–H groups in total. The summed E-state index contributed by atoms with van der Waals surface area (Å²) in [5.74, 6) is -0.198. The van der Waals surface area contributed by atoms with E-state index in [-0.39, 0.29) is 5.91 Å². The lowest BCUT2D eigenvalue weighted by Crippen LogP contribution is -2.35. The highest BCUT2D eigenvalue weighted by Crippen LogP contribution is 2.04. The largest absolute Gasteiger partial charge is 0.378 e. The van der Waals surface area contributed by atoms with Gasteiger partial charge in [0.15, 0.2) is 0 Å². The number of nitrogens with zero attached hydrogens (tertiary/aromatic N) is 2. The van der Waals surface area contributed by atoms with Crippen LogP contribution < -0.4 is 0 Å². The van der Waals surface area contributed by atoms with Gasteiger partial charge in [0.1, 0.15) is 0 Å². The van der Waals surface area contributed by atoms with Crippen LogP contribution in [0.5, 0.6) is 0 Å². The van der Waals surface area contributed by atoms with Crippen molar-refractivity contribution in [2.75, 3.05) is 26.3 Å². The smallest absolute Gasteiger partial charge is 0.278 e. The van der Waals surface area contributed by atoms with E-state index in [1.54, 1.807) is 18.5 Å². The van der Waals surface area contributed by atoms with Crippen molar-refractivity contribution in [3.05, 3.63) is 35.4 Å². The maximum absolute atomic E-state index is 11.7. The molecular formula is C13H16N2O2. The van der Waals surface area contributed by atoms with Crippen molar-refractivity contribution in [1.29, 1.82) is 0 Å². The van der Waals surface area contributed by atoms with Gasteiger partial charge in [-0.1, -0.05) is 17.7 Å². The summed E-state index contributed by atoms with van der Waals surface area (Å²) >= 11 is 0. The van der Waals surface area contributed by atoms with E-state index in [9.17, 15) is 4.79 Å². The van der Waals surface area contributed by atoms with Gasteiger partial charge < -0.3 is 9.64 Å². The van der Waals surface area contributed by atoms with E-state index in [1.807, 2.05) is 24.0 Å². The van der Waals surface area contributed by atoms with Gasteiger partial charge in [0.05, 0.1) is 19.6 Å². The highest BCUT2D eigenvalue weighted by atomic mass is 16.5. The number of hydrogen-bond acceptors (Lipinski definition) is 2. The number of rotatable bonds is 2. The van der Waals surface area contributed by atoms with Crippen LogP contribution in [0.2, 0.25) is 0 Å². The molecular weight excluding hydrogens is 216 g/mol. The van der Waals surface area contributed by atoms with Crippen molar-refractivity contribution in [3.63, 3.8) is 0 Å². The molecule has 1 amide bonds. The molecule has 1 saturated heterocycles. The lowest BCUT2D eigenvalue weighted by atomic mass is 10.1. The Hall–Kier alpha value is -1.68. The molecule has 0 aromatic heterocycles. The first kappa shape index (κ1) is 11.8. The molecule has 0 bridgehead atoms. The minimum absolute atomic E-state index is 0.198. The summed E-state index contributed by atoms with van der Waals surface area (Å²) in [5, 5.41) is 0. The highest BCUT2D eigenvalue weighted by Gasteiger charge is 2.07. The molecule has 1 aliphatic heterocycles. The van der Waals surface area contributed by atoms with E-state index in [2.05, 4.69) is 4.99 Å². The molecule has 4 nitrogen and oxygen atoms in total. The molecule has 17 heavy (non-hydrogen) atoms. The van der Waals surface area contributed by atoms with Crippen LogP contribution in [-0.4, -0.2) is 43.4 Å². The summed E-state index contributed by atoms with van der Waals surface area (Å²) in [6.07, 6.45) is 1.62. The molecule has 1 heterocycles. The molecule has 1 fully saturated rings. The van der Waals surface area contributed by atoms with Crippen molar-refractivity contribution in [2.24, 2.45) is 4.99 Å². The molecule has 1 aliphatic rings. The number of aryl methyl sites for hydroxylation is 1. The molecule has 4 heteroatoms. The maximum atomic E-state index is 11.7. The number of carbonyl (C=O) groups excluding carboxylic acids is 1. The van der Waals surface area contributed by atoms with Gasteiger partial charge in [0, 0.05) is 18.7 Å². The van der Waals surface area contributed by atoms with Gasteiger partial charge in [-0.25, -0.2) is 0 Å². The zero-order valence-corrected chi connectivity index (χ0v) is 9.93. The summed E-state index contributed by atoms with van der Waals surface area (Å²) in [5.41, 5.74) is 1.76. The fourth-order valence-electron chi connectivity index (χ4n) is 1.60. The summed E-state index contributed by atoms with van der Waals surface area (Å²) in [7, 11) is 0. The zero-order chi connectivity index (χ0) is 12.1. The van der Waals surface area contributed by atoms with Gasteiger partial charge in [-0.2, -0.15) is 4.99 Å². The Labute approximate surface area is 101 Å². The van der Waals surface area contributed by atoms with E-state index >= 15 is 0 Å². The number of ether oxygens (including phenoxy) is 1. The van der Waals surface area contributed by atoms with Crippen LogP contribution in [0.4, 0.5) is 0 Å². The molecule has 0 aliphatic carbocycles. The third-order valence-electron chi connectivity index (χ3n) is 2.68. The summed E-state index contributed by atoms with van der Waals surface area (Å²) in [6.45, 7) is 4.98. The molecule has 0 unspecified atom stereocenters. The zero-order valence-electron chi connectivity index (χ0n) is 9.93. The Bertz CT molecular complexity index is 406. The number of amides is 1. The molecule has 90 valence electrons. The van der Waals surface area contributed by atoms with Crippen LogP contribution in [0.15, 0.2) is 29.3 Å². The lowest BCUT2D eigenvalue weighted by molar-refractivity contribution is 0.0697. The topological polar surface area (TPSA) is 41.9 Å². The first-order chi connectivity index (χ1) is 8.25. The van der Waals surface area contributed by atoms with Crippen LogP contribution in [0.1, 0.15) is 15.9 Å². The first-order valence-corrected chi connectivity index (χ1v) is 5.73. The number of morpholine rings is 1. The summed E-state index contributed by atoms with van der Waals surface area (Å²) in [6, 6.07) is 7.43. The third kappa shape index (κ3) is 3.39. The Morgan fingerprint density at radius 3 is 2.59 bits per heavy atom. The van der Waals surface area contributed by atoms with E-state index in [4.69, 9.17) is 4.74 Å². The monoisotopic (exact) mass is 232 g/mol. The highest BCUT2D eigenvalue weighted by molar-refractivity contribution is 5.98. The van der Waals surface area contributed by atoms with E-state index < -0.39 is 0 Å². The second-order valence-corrected chi connectivity index (χ2v) is 4.06. The Balaban J connectivity index is 1.96.